The van der Waals surface area contributed by atoms with Gasteiger partial charge in [0.25, 0.3) is 0 Å². The molecule has 4 aliphatic carbocycles. The lowest BCUT2D eigenvalue weighted by Crippen LogP contribution is -2.54. The van der Waals surface area contributed by atoms with Crippen LogP contribution in [0.5, 0.6) is 0 Å². The van der Waals surface area contributed by atoms with Gasteiger partial charge in [0.2, 0.25) is 0 Å². The van der Waals surface area contributed by atoms with E-state index in [0.717, 1.165) is 66.9 Å². The van der Waals surface area contributed by atoms with Crippen LogP contribution in [0.1, 0.15) is 112 Å². The van der Waals surface area contributed by atoms with Crippen LogP contribution >= 0.6 is 0 Å². The van der Waals surface area contributed by atoms with E-state index in [4.69, 9.17) is 9.84 Å². The minimum atomic E-state index is -1.11. The molecule has 0 radical (unpaired) electrons. The lowest BCUT2D eigenvalue weighted by Gasteiger charge is -2.61. The fourth-order valence-corrected chi connectivity index (χ4v) is 9.69. The van der Waals surface area contributed by atoms with Gasteiger partial charge in [-0.2, -0.15) is 0 Å². The molecular weight excluding hydrogens is 436 g/mol. The minimum absolute atomic E-state index is 0.0630. The molecule has 0 aromatic rings. The summed E-state index contributed by atoms with van der Waals surface area (Å²) in [5.41, 5.74) is 0.899. The van der Waals surface area contributed by atoms with Gasteiger partial charge >= 0.3 is 11.9 Å². The molecule has 0 aliphatic heterocycles. The van der Waals surface area contributed by atoms with E-state index in [0.29, 0.717) is 16.7 Å². The number of carbonyl (C=O) groups excluding carboxylic acids is 1. The Balaban J connectivity index is 1.38. The molecule has 0 saturated heterocycles. The SMILES string of the molecule is CC(C)CCCC(C)C1CCC2C3CCC4CC(OC(=O)/C=C/C(=O)O)CCC4(C)C3CCC12C. The lowest BCUT2D eigenvalue weighted by molar-refractivity contribution is -0.158. The summed E-state index contributed by atoms with van der Waals surface area (Å²) in [4.78, 5) is 22.8. The first-order valence-electron chi connectivity index (χ1n) is 14.7. The highest BCUT2D eigenvalue weighted by atomic mass is 16.5. The molecule has 0 aromatic carbocycles. The highest BCUT2D eigenvalue weighted by molar-refractivity contribution is 5.90. The molecule has 4 heteroatoms. The minimum Gasteiger partial charge on any atom is -0.478 e. The number of ether oxygens (including phenoxy) is 1. The predicted molar refractivity (Wildman–Crippen MR) is 140 cm³/mol. The number of carboxylic acid groups (broad SMARTS) is 1. The second-order valence-electron chi connectivity index (χ2n) is 13.7. The Morgan fingerprint density at radius 2 is 1.63 bits per heavy atom. The number of carboxylic acids is 1. The van der Waals surface area contributed by atoms with Gasteiger partial charge < -0.3 is 9.84 Å². The van der Waals surface area contributed by atoms with Crippen LogP contribution < -0.4 is 0 Å². The lowest BCUT2D eigenvalue weighted by atomic mass is 9.44. The topological polar surface area (TPSA) is 63.6 Å². The molecule has 9 atom stereocenters. The van der Waals surface area contributed by atoms with E-state index in [-0.39, 0.29) is 6.10 Å². The zero-order valence-corrected chi connectivity index (χ0v) is 22.9. The molecule has 0 bridgehead atoms. The van der Waals surface area contributed by atoms with E-state index in [1.54, 1.807) is 0 Å². The van der Waals surface area contributed by atoms with E-state index < -0.39 is 11.9 Å². The third-order valence-electron chi connectivity index (χ3n) is 11.5. The van der Waals surface area contributed by atoms with Crippen molar-refractivity contribution in [1.82, 2.24) is 0 Å². The van der Waals surface area contributed by atoms with Gasteiger partial charge in [-0.1, -0.05) is 53.9 Å². The maximum Gasteiger partial charge on any atom is 0.331 e. The molecule has 9 unspecified atom stereocenters. The molecular formula is C31H50O4. The third kappa shape index (κ3) is 5.37. The van der Waals surface area contributed by atoms with Crippen LogP contribution in [0.4, 0.5) is 0 Å². The van der Waals surface area contributed by atoms with Crippen LogP contribution in [0.2, 0.25) is 0 Å². The number of hydrogen-bond donors (Lipinski definition) is 1. The van der Waals surface area contributed by atoms with E-state index >= 15 is 0 Å². The molecule has 0 spiro atoms. The summed E-state index contributed by atoms with van der Waals surface area (Å²) in [5, 5.41) is 8.76. The summed E-state index contributed by atoms with van der Waals surface area (Å²) < 4.78 is 5.66. The smallest absolute Gasteiger partial charge is 0.331 e. The van der Waals surface area contributed by atoms with Gasteiger partial charge in [-0.15, -0.1) is 0 Å². The van der Waals surface area contributed by atoms with Crippen molar-refractivity contribution in [2.45, 2.75) is 118 Å². The number of hydrogen-bond acceptors (Lipinski definition) is 3. The zero-order valence-electron chi connectivity index (χ0n) is 22.9. The summed E-state index contributed by atoms with van der Waals surface area (Å²) in [6.07, 6.45) is 17.3. The second-order valence-corrected chi connectivity index (χ2v) is 13.7. The molecule has 0 aromatic heterocycles. The van der Waals surface area contributed by atoms with Crippen molar-refractivity contribution in [3.63, 3.8) is 0 Å². The molecule has 4 rings (SSSR count). The number of rotatable bonds is 8. The summed E-state index contributed by atoms with van der Waals surface area (Å²) in [6, 6.07) is 0. The highest BCUT2D eigenvalue weighted by Gasteiger charge is 2.60. The Bertz CT molecular complexity index is 802. The third-order valence-corrected chi connectivity index (χ3v) is 11.5. The molecule has 35 heavy (non-hydrogen) atoms. The maximum absolute atomic E-state index is 12.1. The van der Waals surface area contributed by atoms with Crippen molar-refractivity contribution in [2.75, 3.05) is 0 Å². The van der Waals surface area contributed by atoms with Gasteiger partial charge in [0.1, 0.15) is 6.10 Å². The van der Waals surface area contributed by atoms with Crippen molar-refractivity contribution < 1.29 is 19.4 Å². The Labute approximate surface area is 213 Å². The van der Waals surface area contributed by atoms with Gasteiger partial charge in [0.05, 0.1) is 0 Å². The summed E-state index contributed by atoms with van der Waals surface area (Å²) in [5.74, 6) is 4.16. The van der Waals surface area contributed by atoms with E-state index in [9.17, 15) is 9.59 Å². The molecule has 0 heterocycles. The van der Waals surface area contributed by atoms with Gasteiger partial charge in [-0.3, -0.25) is 0 Å². The van der Waals surface area contributed by atoms with Crippen molar-refractivity contribution in [2.24, 2.45) is 52.3 Å². The Morgan fingerprint density at radius 1 is 0.914 bits per heavy atom. The number of aliphatic carboxylic acids is 1. The van der Waals surface area contributed by atoms with Crippen LogP contribution in [0, 0.1) is 52.3 Å². The first-order chi connectivity index (χ1) is 16.5. The second kappa shape index (κ2) is 10.6. The average Bonchev–Trinajstić information content (AvgIpc) is 3.15. The first kappa shape index (κ1) is 26.7. The van der Waals surface area contributed by atoms with Crippen molar-refractivity contribution in [3.05, 3.63) is 12.2 Å². The maximum atomic E-state index is 12.1. The molecule has 198 valence electrons. The quantitative estimate of drug-likeness (QED) is 0.282. The van der Waals surface area contributed by atoms with Crippen molar-refractivity contribution in [1.29, 1.82) is 0 Å². The van der Waals surface area contributed by atoms with Crippen LogP contribution in [0.3, 0.4) is 0 Å². The Hall–Kier alpha value is -1.32. The van der Waals surface area contributed by atoms with Crippen LogP contribution in [-0.4, -0.2) is 23.1 Å². The van der Waals surface area contributed by atoms with E-state index in [1.807, 2.05) is 0 Å². The monoisotopic (exact) mass is 486 g/mol. The number of esters is 1. The molecule has 1 N–H and O–H groups in total. The number of carbonyl (C=O) groups is 2. The number of fused-ring (bicyclic) bond motifs is 5. The fourth-order valence-electron chi connectivity index (χ4n) is 9.69. The van der Waals surface area contributed by atoms with Crippen molar-refractivity contribution in [3.8, 4) is 0 Å². The zero-order chi connectivity index (χ0) is 25.4. The largest absolute Gasteiger partial charge is 0.478 e. The van der Waals surface area contributed by atoms with E-state index in [2.05, 4.69) is 34.6 Å². The molecule has 4 saturated carbocycles. The normalized spacial score (nSPS) is 41.8. The van der Waals surface area contributed by atoms with Crippen LogP contribution in [0.15, 0.2) is 12.2 Å². The molecule has 0 amide bonds. The van der Waals surface area contributed by atoms with Gasteiger partial charge in [0, 0.05) is 12.2 Å². The standard InChI is InChI=1S/C31H50O4/c1-20(2)7-6-8-21(3)25-11-12-26-24-10-9-22-19-23(35-29(34)14-13-28(32)33)15-17-30(22,4)27(24)16-18-31(25,26)5/h13-14,20-27H,6-12,15-19H2,1-5H3,(H,32,33)/b14-13+. The predicted octanol–water partition coefficient (Wildman–Crippen LogP) is 7.66. The molecule has 4 aliphatic rings. The van der Waals surface area contributed by atoms with Crippen LogP contribution in [-0.2, 0) is 14.3 Å². The Kier molecular flexibility index (Phi) is 8.08. The molecule has 4 nitrogen and oxygen atoms in total. The van der Waals surface area contributed by atoms with Gasteiger partial charge in [0.15, 0.2) is 0 Å². The Morgan fingerprint density at radius 3 is 2.34 bits per heavy atom. The van der Waals surface area contributed by atoms with Gasteiger partial charge in [-0.25, -0.2) is 9.59 Å². The fraction of sp³-hybridized carbons (Fsp3) is 0.871. The summed E-state index contributed by atoms with van der Waals surface area (Å²) in [7, 11) is 0. The summed E-state index contributed by atoms with van der Waals surface area (Å²) in [6.45, 7) is 12.5. The van der Waals surface area contributed by atoms with Gasteiger partial charge in [-0.05, 0) is 110 Å². The first-order valence-corrected chi connectivity index (χ1v) is 14.7. The van der Waals surface area contributed by atoms with Crippen LogP contribution in [0.25, 0.3) is 0 Å². The van der Waals surface area contributed by atoms with E-state index in [1.165, 1.54) is 57.8 Å². The highest BCUT2D eigenvalue weighted by Crippen LogP contribution is 2.68. The molecule has 4 fully saturated rings. The summed E-state index contributed by atoms with van der Waals surface area (Å²) >= 11 is 0. The van der Waals surface area contributed by atoms with Crippen molar-refractivity contribution >= 4 is 11.9 Å². The average molecular weight is 487 g/mol.